The zero-order valence-corrected chi connectivity index (χ0v) is 11.9. The second kappa shape index (κ2) is 5.06. The SMILES string of the molecule is O=c1c(O)c(-c2ccc(F)cc2)oc2c(Cl)cc(Cl)cc12. The van der Waals surface area contributed by atoms with Gasteiger partial charge in [-0.3, -0.25) is 4.79 Å². The predicted octanol–water partition coefficient (Wildman–Crippen LogP) is 4.61. The molecule has 0 amide bonds. The normalized spacial score (nSPS) is 11.0. The van der Waals surface area contributed by atoms with Crippen molar-refractivity contribution in [3.05, 3.63) is 62.5 Å². The molecule has 0 bridgehead atoms. The van der Waals surface area contributed by atoms with Crippen molar-refractivity contribution in [3.63, 3.8) is 0 Å². The summed E-state index contributed by atoms with van der Waals surface area (Å²) in [6.45, 7) is 0. The summed E-state index contributed by atoms with van der Waals surface area (Å²) in [7, 11) is 0. The molecule has 106 valence electrons. The Bertz CT molecular complexity index is 901. The Balaban J connectivity index is 2.37. The molecule has 21 heavy (non-hydrogen) atoms. The number of halogens is 3. The fourth-order valence-corrected chi connectivity index (χ4v) is 2.54. The van der Waals surface area contributed by atoms with Crippen LogP contribution in [-0.4, -0.2) is 5.11 Å². The monoisotopic (exact) mass is 324 g/mol. The maximum absolute atomic E-state index is 13.0. The molecule has 1 heterocycles. The molecule has 2 aromatic carbocycles. The van der Waals surface area contributed by atoms with Crippen LogP contribution in [0.3, 0.4) is 0 Å². The number of hydrogen-bond acceptors (Lipinski definition) is 3. The number of aromatic hydroxyl groups is 1. The average Bonchev–Trinajstić information content (AvgIpc) is 2.44. The average molecular weight is 325 g/mol. The molecule has 0 atom stereocenters. The predicted molar refractivity (Wildman–Crippen MR) is 79.6 cm³/mol. The highest BCUT2D eigenvalue weighted by atomic mass is 35.5. The summed E-state index contributed by atoms with van der Waals surface area (Å²) >= 11 is 11.8. The van der Waals surface area contributed by atoms with Gasteiger partial charge in [0.2, 0.25) is 11.2 Å². The maximum Gasteiger partial charge on any atom is 0.235 e. The molecule has 0 spiro atoms. The first-order valence-electron chi connectivity index (χ1n) is 5.88. The Morgan fingerprint density at radius 3 is 2.43 bits per heavy atom. The molecule has 0 saturated carbocycles. The second-order valence-electron chi connectivity index (χ2n) is 4.38. The first-order valence-corrected chi connectivity index (χ1v) is 6.63. The summed E-state index contributed by atoms with van der Waals surface area (Å²) in [5, 5.41) is 10.5. The molecule has 3 rings (SSSR count). The fourth-order valence-electron chi connectivity index (χ4n) is 2.01. The lowest BCUT2D eigenvalue weighted by molar-refractivity contribution is 0.449. The van der Waals surface area contributed by atoms with Gasteiger partial charge < -0.3 is 9.52 Å². The Morgan fingerprint density at radius 1 is 1.10 bits per heavy atom. The van der Waals surface area contributed by atoms with Crippen molar-refractivity contribution < 1.29 is 13.9 Å². The third-order valence-electron chi connectivity index (χ3n) is 2.99. The van der Waals surface area contributed by atoms with Gasteiger partial charge in [0.05, 0.1) is 10.4 Å². The van der Waals surface area contributed by atoms with Gasteiger partial charge in [0.15, 0.2) is 11.3 Å². The molecular weight excluding hydrogens is 318 g/mol. The summed E-state index contributed by atoms with van der Waals surface area (Å²) in [6, 6.07) is 7.97. The summed E-state index contributed by atoms with van der Waals surface area (Å²) < 4.78 is 18.5. The molecule has 3 aromatic rings. The molecule has 3 nitrogen and oxygen atoms in total. The van der Waals surface area contributed by atoms with Gasteiger partial charge in [0.1, 0.15) is 5.82 Å². The minimum Gasteiger partial charge on any atom is -0.502 e. The van der Waals surface area contributed by atoms with E-state index in [2.05, 4.69) is 0 Å². The quantitative estimate of drug-likeness (QED) is 0.711. The summed E-state index contributed by atoms with van der Waals surface area (Å²) in [5.74, 6) is -1.09. The van der Waals surface area contributed by atoms with Crippen LogP contribution in [0.25, 0.3) is 22.3 Å². The molecule has 0 aliphatic rings. The highest BCUT2D eigenvalue weighted by Gasteiger charge is 2.17. The van der Waals surface area contributed by atoms with Crippen molar-refractivity contribution in [1.82, 2.24) is 0 Å². The summed E-state index contributed by atoms with van der Waals surface area (Å²) in [6.07, 6.45) is 0. The standard InChI is InChI=1S/C15H7Cl2FO3/c16-8-5-10-12(19)13(20)14(21-15(10)11(17)6-8)7-1-3-9(18)4-2-7/h1-6,20H. The van der Waals surface area contributed by atoms with Gasteiger partial charge in [-0.05, 0) is 36.4 Å². The Hall–Kier alpha value is -2.04. The lowest BCUT2D eigenvalue weighted by Gasteiger charge is -2.07. The van der Waals surface area contributed by atoms with Crippen LogP contribution >= 0.6 is 23.2 Å². The van der Waals surface area contributed by atoms with E-state index in [1.165, 1.54) is 36.4 Å². The smallest absolute Gasteiger partial charge is 0.235 e. The van der Waals surface area contributed by atoms with Crippen LogP contribution < -0.4 is 5.43 Å². The van der Waals surface area contributed by atoms with Crippen molar-refractivity contribution in [1.29, 1.82) is 0 Å². The van der Waals surface area contributed by atoms with Crippen LogP contribution in [0.1, 0.15) is 0 Å². The molecular formula is C15H7Cl2FO3. The molecule has 0 saturated heterocycles. The first kappa shape index (κ1) is 13.9. The van der Waals surface area contributed by atoms with Crippen LogP contribution in [0, 0.1) is 5.82 Å². The molecule has 0 radical (unpaired) electrons. The van der Waals surface area contributed by atoms with E-state index in [9.17, 15) is 14.3 Å². The molecule has 0 unspecified atom stereocenters. The maximum atomic E-state index is 13.0. The van der Waals surface area contributed by atoms with Gasteiger partial charge in [-0.2, -0.15) is 0 Å². The van der Waals surface area contributed by atoms with Gasteiger partial charge >= 0.3 is 0 Å². The number of fused-ring (bicyclic) bond motifs is 1. The minimum atomic E-state index is -0.653. The number of benzene rings is 2. The van der Waals surface area contributed by atoms with Crippen LogP contribution in [0.2, 0.25) is 10.0 Å². The first-order chi connectivity index (χ1) is 9.97. The molecule has 6 heteroatoms. The van der Waals surface area contributed by atoms with E-state index in [1.54, 1.807) is 0 Å². The van der Waals surface area contributed by atoms with Crippen molar-refractivity contribution in [2.45, 2.75) is 0 Å². The molecule has 1 aromatic heterocycles. The van der Waals surface area contributed by atoms with Gasteiger partial charge in [-0.15, -0.1) is 0 Å². The Kier molecular flexibility index (Phi) is 3.35. The fraction of sp³-hybridized carbons (Fsp3) is 0. The van der Waals surface area contributed by atoms with Crippen LogP contribution in [-0.2, 0) is 0 Å². The van der Waals surface area contributed by atoms with Crippen molar-refractivity contribution in [3.8, 4) is 17.1 Å². The van der Waals surface area contributed by atoms with Crippen LogP contribution in [0.5, 0.6) is 5.75 Å². The number of hydrogen-bond donors (Lipinski definition) is 1. The van der Waals surface area contributed by atoms with Crippen molar-refractivity contribution >= 4 is 34.2 Å². The third-order valence-corrected chi connectivity index (χ3v) is 3.49. The largest absolute Gasteiger partial charge is 0.502 e. The van der Waals surface area contributed by atoms with Crippen LogP contribution in [0.15, 0.2) is 45.6 Å². The van der Waals surface area contributed by atoms with E-state index in [1.807, 2.05) is 0 Å². The van der Waals surface area contributed by atoms with Crippen LogP contribution in [0.4, 0.5) is 4.39 Å². The molecule has 1 N–H and O–H groups in total. The van der Waals surface area contributed by atoms with E-state index in [0.29, 0.717) is 5.56 Å². The van der Waals surface area contributed by atoms with E-state index >= 15 is 0 Å². The minimum absolute atomic E-state index is 0.0725. The highest BCUT2D eigenvalue weighted by molar-refractivity contribution is 6.38. The molecule has 0 fully saturated rings. The Labute approximate surface area is 128 Å². The summed E-state index contributed by atoms with van der Waals surface area (Å²) in [4.78, 5) is 12.2. The van der Waals surface area contributed by atoms with Gasteiger partial charge in [-0.1, -0.05) is 23.2 Å². The third kappa shape index (κ3) is 2.37. The molecule has 0 aliphatic carbocycles. The van der Waals surface area contributed by atoms with Crippen molar-refractivity contribution in [2.24, 2.45) is 0 Å². The van der Waals surface area contributed by atoms with Gasteiger partial charge in [0, 0.05) is 10.6 Å². The van der Waals surface area contributed by atoms with E-state index < -0.39 is 17.0 Å². The van der Waals surface area contributed by atoms with Crippen molar-refractivity contribution in [2.75, 3.05) is 0 Å². The zero-order chi connectivity index (χ0) is 15.1. The topological polar surface area (TPSA) is 50.4 Å². The van der Waals surface area contributed by atoms with E-state index in [-0.39, 0.29) is 26.8 Å². The highest BCUT2D eigenvalue weighted by Crippen LogP contribution is 2.34. The summed E-state index contributed by atoms with van der Waals surface area (Å²) in [5.41, 5.74) is -0.179. The zero-order valence-electron chi connectivity index (χ0n) is 10.4. The second-order valence-corrected chi connectivity index (χ2v) is 5.22. The molecule has 0 aliphatic heterocycles. The lowest BCUT2D eigenvalue weighted by atomic mass is 10.1. The number of rotatable bonds is 1. The van der Waals surface area contributed by atoms with Gasteiger partial charge in [0.25, 0.3) is 0 Å². The van der Waals surface area contributed by atoms with E-state index in [4.69, 9.17) is 27.6 Å². The Morgan fingerprint density at radius 2 is 1.76 bits per heavy atom. The lowest BCUT2D eigenvalue weighted by Crippen LogP contribution is -2.03. The van der Waals surface area contributed by atoms with E-state index in [0.717, 1.165) is 0 Å². The van der Waals surface area contributed by atoms with Gasteiger partial charge in [-0.25, -0.2) is 4.39 Å².